The van der Waals surface area contributed by atoms with E-state index in [0.29, 0.717) is 16.9 Å². The average Bonchev–Trinajstić information content (AvgIpc) is 2.56. The van der Waals surface area contributed by atoms with E-state index < -0.39 is 15.9 Å². The minimum Gasteiger partial charge on any atom is -0.450 e. The molecule has 0 spiro atoms. The maximum absolute atomic E-state index is 12.4. The third-order valence-electron chi connectivity index (χ3n) is 3.55. The van der Waals surface area contributed by atoms with E-state index in [9.17, 15) is 18.0 Å². The van der Waals surface area contributed by atoms with Crippen LogP contribution in [0.3, 0.4) is 0 Å². The van der Waals surface area contributed by atoms with Crippen LogP contribution in [-0.4, -0.2) is 33.3 Å². The zero-order chi connectivity index (χ0) is 19.3. The number of nitrogens with one attached hydrogen (secondary N) is 2. The molecule has 0 aromatic heterocycles. The highest BCUT2D eigenvalue weighted by Gasteiger charge is 2.13. The van der Waals surface area contributed by atoms with Crippen molar-refractivity contribution in [3.05, 3.63) is 53.6 Å². The van der Waals surface area contributed by atoms with Gasteiger partial charge in [0.25, 0.3) is 5.91 Å². The molecule has 2 N–H and O–H groups in total. The molecule has 26 heavy (non-hydrogen) atoms. The molecule has 2 aromatic rings. The number of hydrogen-bond acceptors (Lipinski definition) is 5. The normalized spacial score (nSPS) is 10.9. The SMILES string of the molecule is CCOC(=O)Nc1ccc(C(=O)Nc2cc(S(C)(=O)=O)ccc2C)cc1. The molecule has 0 radical (unpaired) electrons. The van der Waals surface area contributed by atoms with Crippen molar-refractivity contribution in [3.63, 3.8) is 0 Å². The van der Waals surface area contributed by atoms with Gasteiger partial charge < -0.3 is 10.1 Å². The fraction of sp³-hybridized carbons (Fsp3) is 0.222. The number of carbonyl (C=O) groups is 2. The first kappa shape index (κ1) is 19.5. The first-order valence-electron chi connectivity index (χ1n) is 7.86. The molecule has 0 heterocycles. The smallest absolute Gasteiger partial charge is 0.411 e. The zero-order valence-corrected chi connectivity index (χ0v) is 15.5. The third kappa shape index (κ3) is 5.06. The Morgan fingerprint density at radius 1 is 1.04 bits per heavy atom. The van der Waals surface area contributed by atoms with E-state index in [2.05, 4.69) is 10.6 Å². The molecule has 2 aromatic carbocycles. The molecule has 0 aliphatic heterocycles. The molecule has 0 saturated carbocycles. The van der Waals surface area contributed by atoms with Crippen molar-refractivity contribution in [2.45, 2.75) is 18.7 Å². The molecule has 0 atom stereocenters. The molecule has 0 unspecified atom stereocenters. The molecular formula is C18H20N2O5S. The van der Waals surface area contributed by atoms with E-state index in [0.717, 1.165) is 11.8 Å². The lowest BCUT2D eigenvalue weighted by Crippen LogP contribution is -2.15. The van der Waals surface area contributed by atoms with Crippen molar-refractivity contribution in [3.8, 4) is 0 Å². The van der Waals surface area contributed by atoms with Gasteiger partial charge in [0.05, 0.1) is 11.5 Å². The van der Waals surface area contributed by atoms with Crippen LogP contribution in [0, 0.1) is 6.92 Å². The van der Waals surface area contributed by atoms with Crippen LogP contribution < -0.4 is 10.6 Å². The number of hydrogen-bond donors (Lipinski definition) is 2. The molecule has 0 saturated heterocycles. The van der Waals surface area contributed by atoms with E-state index in [1.807, 2.05) is 0 Å². The van der Waals surface area contributed by atoms with Crippen LogP contribution in [0.5, 0.6) is 0 Å². The average molecular weight is 376 g/mol. The fourth-order valence-electron chi connectivity index (χ4n) is 2.15. The molecule has 138 valence electrons. The first-order valence-corrected chi connectivity index (χ1v) is 9.75. The Bertz CT molecular complexity index is 921. The van der Waals surface area contributed by atoms with Gasteiger partial charge in [-0.1, -0.05) is 6.07 Å². The topological polar surface area (TPSA) is 102 Å². The molecule has 0 aliphatic carbocycles. The van der Waals surface area contributed by atoms with Crippen molar-refractivity contribution in [1.29, 1.82) is 0 Å². The number of anilines is 2. The van der Waals surface area contributed by atoms with E-state index in [1.165, 1.54) is 12.1 Å². The van der Waals surface area contributed by atoms with Gasteiger partial charge >= 0.3 is 6.09 Å². The summed E-state index contributed by atoms with van der Waals surface area (Å²) in [6.07, 6.45) is 0.538. The van der Waals surface area contributed by atoms with Gasteiger partial charge in [-0.15, -0.1) is 0 Å². The molecule has 0 bridgehead atoms. The highest BCUT2D eigenvalue weighted by atomic mass is 32.2. The quantitative estimate of drug-likeness (QED) is 0.834. The molecule has 7 nitrogen and oxygen atoms in total. The number of aryl methyl sites for hydroxylation is 1. The van der Waals surface area contributed by atoms with Crippen molar-refractivity contribution in [2.75, 3.05) is 23.5 Å². The summed E-state index contributed by atoms with van der Waals surface area (Å²) in [4.78, 5) is 23.9. The van der Waals surface area contributed by atoms with Crippen LogP contribution in [0.25, 0.3) is 0 Å². The number of carbonyl (C=O) groups excluding carboxylic acids is 2. The Labute approximate surface area is 152 Å². The zero-order valence-electron chi connectivity index (χ0n) is 14.7. The third-order valence-corrected chi connectivity index (χ3v) is 4.66. The maximum atomic E-state index is 12.4. The Kier molecular flexibility index (Phi) is 5.99. The van der Waals surface area contributed by atoms with Gasteiger partial charge in [-0.3, -0.25) is 10.1 Å². The van der Waals surface area contributed by atoms with Gasteiger partial charge in [-0.25, -0.2) is 13.2 Å². The second-order valence-electron chi connectivity index (χ2n) is 5.63. The second kappa shape index (κ2) is 8.01. The molecule has 0 aliphatic rings. The highest BCUT2D eigenvalue weighted by Crippen LogP contribution is 2.21. The molecule has 2 amide bonds. The van der Waals surface area contributed by atoms with Gasteiger partial charge in [-0.05, 0) is 55.8 Å². The minimum absolute atomic E-state index is 0.132. The summed E-state index contributed by atoms with van der Waals surface area (Å²) in [5, 5.41) is 5.24. The number of ether oxygens (including phenoxy) is 1. The standard InChI is InChI=1S/C18H20N2O5S/c1-4-25-18(22)19-14-8-6-13(7-9-14)17(21)20-16-11-15(26(3,23)24)10-5-12(16)2/h5-11H,4H2,1-3H3,(H,19,22)(H,20,21). The van der Waals surface area contributed by atoms with E-state index >= 15 is 0 Å². The monoisotopic (exact) mass is 376 g/mol. The maximum Gasteiger partial charge on any atom is 0.411 e. The molecular weight excluding hydrogens is 356 g/mol. The van der Waals surface area contributed by atoms with Gasteiger partial charge in [0.15, 0.2) is 9.84 Å². The van der Waals surface area contributed by atoms with Crippen molar-refractivity contribution >= 4 is 33.2 Å². The van der Waals surface area contributed by atoms with E-state index in [1.54, 1.807) is 44.2 Å². The summed E-state index contributed by atoms with van der Waals surface area (Å²) in [5.74, 6) is -0.388. The summed E-state index contributed by atoms with van der Waals surface area (Å²) in [7, 11) is -3.37. The van der Waals surface area contributed by atoms with Crippen LogP contribution in [0.4, 0.5) is 16.2 Å². The van der Waals surface area contributed by atoms with Gasteiger partial charge in [0.2, 0.25) is 0 Å². The number of sulfone groups is 1. The summed E-state index contributed by atoms with van der Waals surface area (Å²) in [6, 6.07) is 10.8. The Balaban J connectivity index is 2.14. The van der Waals surface area contributed by atoms with Crippen LogP contribution >= 0.6 is 0 Å². The number of rotatable bonds is 5. The van der Waals surface area contributed by atoms with Crippen LogP contribution in [-0.2, 0) is 14.6 Å². The molecule has 8 heteroatoms. The summed E-state index contributed by atoms with van der Waals surface area (Å²) >= 11 is 0. The molecule has 2 rings (SSSR count). The predicted octanol–water partition coefficient (Wildman–Crippen LogP) is 3.22. The van der Waals surface area contributed by atoms with E-state index in [4.69, 9.17) is 4.74 Å². The highest BCUT2D eigenvalue weighted by molar-refractivity contribution is 7.90. The summed E-state index contributed by atoms with van der Waals surface area (Å²) in [6.45, 7) is 3.74. The lowest BCUT2D eigenvalue weighted by Gasteiger charge is -2.11. The van der Waals surface area contributed by atoms with Gasteiger partial charge in [0, 0.05) is 23.2 Å². The fourth-order valence-corrected chi connectivity index (χ4v) is 2.80. The largest absolute Gasteiger partial charge is 0.450 e. The Hall–Kier alpha value is -2.87. The Morgan fingerprint density at radius 2 is 1.69 bits per heavy atom. The van der Waals surface area contributed by atoms with Crippen molar-refractivity contribution in [2.24, 2.45) is 0 Å². The van der Waals surface area contributed by atoms with Gasteiger partial charge in [-0.2, -0.15) is 0 Å². The van der Waals surface area contributed by atoms with Gasteiger partial charge in [0.1, 0.15) is 0 Å². The Morgan fingerprint density at radius 3 is 2.27 bits per heavy atom. The van der Waals surface area contributed by atoms with Crippen molar-refractivity contribution in [1.82, 2.24) is 0 Å². The lowest BCUT2D eigenvalue weighted by atomic mass is 10.1. The number of benzene rings is 2. The van der Waals surface area contributed by atoms with Crippen LogP contribution in [0.1, 0.15) is 22.8 Å². The predicted molar refractivity (Wildman–Crippen MR) is 99.3 cm³/mol. The van der Waals surface area contributed by atoms with Crippen LogP contribution in [0.2, 0.25) is 0 Å². The van der Waals surface area contributed by atoms with Crippen molar-refractivity contribution < 1.29 is 22.7 Å². The van der Waals surface area contributed by atoms with Crippen LogP contribution in [0.15, 0.2) is 47.4 Å². The number of amides is 2. The summed E-state index contributed by atoms with van der Waals surface area (Å²) in [5.41, 5.74) is 2.02. The first-order chi connectivity index (χ1) is 12.2. The lowest BCUT2D eigenvalue weighted by molar-refractivity contribution is 0.102. The molecule has 0 fully saturated rings. The summed E-state index contributed by atoms with van der Waals surface area (Å²) < 4.78 is 28.1. The minimum atomic E-state index is -3.37. The van der Waals surface area contributed by atoms with E-state index in [-0.39, 0.29) is 17.4 Å². The second-order valence-corrected chi connectivity index (χ2v) is 7.64.